The van der Waals surface area contributed by atoms with Gasteiger partial charge in [0, 0.05) is 35.6 Å². The quantitative estimate of drug-likeness (QED) is 0.671. The number of aryl methyl sites for hydroxylation is 1. The SMILES string of the molecule is Cc1cc(Nc2nccc(-c3sc(C4CCNCC4)nc3C3CC3)n2)ccn1. The molecule has 7 heteroatoms. The smallest absolute Gasteiger partial charge is 0.227 e. The predicted octanol–water partition coefficient (Wildman–Crippen LogP) is 4.39. The first-order valence-electron chi connectivity index (χ1n) is 10.0. The first-order chi connectivity index (χ1) is 13.8. The van der Waals surface area contributed by atoms with Crippen LogP contribution in [0, 0.1) is 6.92 Å². The van der Waals surface area contributed by atoms with Crippen LogP contribution in [0.15, 0.2) is 30.6 Å². The Morgan fingerprint density at radius 1 is 1.00 bits per heavy atom. The lowest BCUT2D eigenvalue weighted by molar-refractivity contribution is 0.458. The van der Waals surface area contributed by atoms with Crippen LogP contribution in [0.2, 0.25) is 0 Å². The molecule has 28 heavy (non-hydrogen) atoms. The van der Waals surface area contributed by atoms with Crippen LogP contribution in [0.1, 0.15) is 53.9 Å². The van der Waals surface area contributed by atoms with Gasteiger partial charge in [0.05, 0.1) is 21.3 Å². The van der Waals surface area contributed by atoms with Crippen molar-refractivity contribution in [2.24, 2.45) is 0 Å². The van der Waals surface area contributed by atoms with E-state index in [1.165, 1.54) is 41.3 Å². The van der Waals surface area contributed by atoms with E-state index in [0.29, 0.717) is 17.8 Å². The molecular weight excluding hydrogens is 368 g/mol. The zero-order valence-corrected chi connectivity index (χ0v) is 16.8. The summed E-state index contributed by atoms with van der Waals surface area (Å²) in [6.45, 7) is 4.15. The fraction of sp³-hybridized carbons (Fsp3) is 0.429. The van der Waals surface area contributed by atoms with Gasteiger partial charge in [-0.05, 0) is 63.9 Å². The second-order valence-electron chi connectivity index (χ2n) is 7.64. The lowest BCUT2D eigenvalue weighted by atomic mass is 9.99. The molecule has 6 nitrogen and oxygen atoms in total. The van der Waals surface area contributed by atoms with Gasteiger partial charge in [-0.15, -0.1) is 11.3 Å². The van der Waals surface area contributed by atoms with E-state index in [9.17, 15) is 0 Å². The van der Waals surface area contributed by atoms with E-state index in [4.69, 9.17) is 9.97 Å². The van der Waals surface area contributed by atoms with E-state index >= 15 is 0 Å². The summed E-state index contributed by atoms with van der Waals surface area (Å²) in [4.78, 5) is 19.8. The highest BCUT2D eigenvalue weighted by Gasteiger charge is 2.32. The van der Waals surface area contributed by atoms with Gasteiger partial charge >= 0.3 is 0 Å². The van der Waals surface area contributed by atoms with Gasteiger partial charge in [-0.1, -0.05) is 0 Å². The van der Waals surface area contributed by atoms with E-state index in [0.717, 1.165) is 30.2 Å². The van der Waals surface area contributed by atoms with Crippen molar-refractivity contribution >= 4 is 23.0 Å². The molecule has 2 aliphatic rings. The standard InChI is InChI=1S/C21H24N6S/c1-13-12-16(6-10-23-13)25-21-24-11-7-17(26-21)19-18(14-2-3-14)27-20(28-19)15-4-8-22-9-5-15/h6-7,10-12,14-15,22H,2-5,8-9H2,1H3,(H,23,24,25,26). The Morgan fingerprint density at radius 3 is 2.61 bits per heavy atom. The summed E-state index contributed by atoms with van der Waals surface area (Å²) in [7, 11) is 0. The number of nitrogens with one attached hydrogen (secondary N) is 2. The number of pyridine rings is 1. The molecule has 5 rings (SSSR count). The van der Waals surface area contributed by atoms with E-state index in [1.54, 1.807) is 6.20 Å². The molecule has 0 bridgehead atoms. The molecule has 0 aromatic carbocycles. The van der Waals surface area contributed by atoms with Crippen molar-refractivity contribution in [1.82, 2.24) is 25.3 Å². The molecule has 0 unspecified atom stereocenters. The number of anilines is 2. The molecule has 1 saturated heterocycles. The molecule has 0 amide bonds. The van der Waals surface area contributed by atoms with Crippen molar-refractivity contribution < 1.29 is 0 Å². The minimum atomic E-state index is 0.580. The third kappa shape index (κ3) is 3.77. The van der Waals surface area contributed by atoms with E-state index in [1.807, 2.05) is 42.7 Å². The average molecular weight is 393 g/mol. The molecule has 2 N–H and O–H groups in total. The summed E-state index contributed by atoms with van der Waals surface area (Å²) in [6.07, 6.45) is 8.47. The number of aromatic nitrogens is 4. The predicted molar refractivity (Wildman–Crippen MR) is 112 cm³/mol. The Hall–Kier alpha value is -2.38. The van der Waals surface area contributed by atoms with Gasteiger partial charge in [-0.25, -0.2) is 15.0 Å². The summed E-state index contributed by atoms with van der Waals surface area (Å²) >= 11 is 1.84. The molecule has 2 fully saturated rings. The molecule has 0 radical (unpaired) electrons. The lowest BCUT2D eigenvalue weighted by Gasteiger charge is -2.20. The van der Waals surface area contributed by atoms with Crippen molar-refractivity contribution in [3.8, 4) is 10.6 Å². The fourth-order valence-corrected chi connectivity index (χ4v) is 5.00. The second-order valence-corrected chi connectivity index (χ2v) is 8.67. The first-order valence-corrected chi connectivity index (χ1v) is 10.8. The van der Waals surface area contributed by atoms with Crippen LogP contribution < -0.4 is 10.6 Å². The summed E-state index contributed by atoms with van der Waals surface area (Å²) in [5.41, 5.74) is 4.14. The topological polar surface area (TPSA) is 75.6 Å². The third-order valence-electron chi connectivity index (χ3n) is 5.36. The minimum Gasteiger partial charge on any atom is -0.324 e. The maximum Gasteiger partial charge on any atom is 0.227 e. The van der Waals surface area contributed by atoms with Gasteiger partial charge in [0.25, 0.3) is 0 Å². The lowest BCUT2D eigenvalue weighted by Crippen LogP contribution is -2.26. The van der Waals surface area contributed by atoms with Crippen molar-refractivity contribution in [2.45, 2.75) is 44.4 Å². The minimum absolute atomic E-state index is 0.580. The van der Waals surface area contributed by atoms with Gasteiger partial charge in [0.15, 0.2) is 0 Å². The van der Waals surface area contributed by atoms with Gasteiger partial charge in [-0.3, -0.25) is 4.98 Å². The van der Waals surface area contributed by atoms with Crippen LogP contribution in [-0.2, 0) is 0 Å². The zero-order chi connectivity index (χ0) is 18.9. The van der Waals surface area contributed by atoms with Gasteiger partial charge in [-0.2, -0.15) is 0 Å². The summed E-state index contributed by atoms with van der Waals surface area (Å²) in [6, 6.07) is 5.93. The Labute approximate surface area is 168 Å². The highest BCUT2D eigenvalue weighted by molar-refractivity contribution is 7.15. The number of piperidine rings is 1. The van der Waals surface area contributed by atoms with Gasteiger partial charge in [0.2, 0.25) is 5.95 Å². The first kappa shape index (κ1) is 17.7. The molecule has 0 spiro atoms. The summed E-state index contributed by atoms with van der Waals surface area (Å²) < 4.78 is 0. The number of nitrogens with zero attached hydrogens (tertiary/aromatic N) is 4. The Bertz CT molecular complexity index is 975. The third-order valence-corrected chi connectivity index (χ3v) is 6.62. The summed E-state index contributed by atoms with van der Waals surface area (Å²) in [5, 5.41) is 8.04. The molecule has 1 aliphatic carbocycles. The highest BCUT2D eigenvalue weighted by atomic mass is 32.1. The molecule has 3 aromatic heterocycles. The average Bonchev–Trinajstić information content (AvgIpc) is 3.47. The number of thiazole rings is 1. The van der Waals surface area contributed by atoms with Gasteiger partial charge < -0.3 is 10.6 Å². The molecule has 1 aliphatic heterocycles. The van der Waals surface area contributed by atoms with Crippen LogP contribution in [0.4, 0.5) is 11.6 Å². The molecule has 3 aromatic rings. The van der Waals surface area contributed by atoms with Crippen LogP contribution in [0.3, 0.4) is 0 Å². The van der Waals surface area contributed by atoms with Crippen LogP contribution >= 0.6 is 11.3 Å². The van der Waals surface area contributed by atoms with E-state index in [-0.39, 0.29) is 0 Å². The second kappa shape index (κ2) is 7.56. The highest BCUT2D eigenvalue weighted by Crippen LogP contribution is 2.47. The van der Waals surface area contributed by atoms with E-state index in [2.05, 4.69) is 20.6 Å². The fourth-order valence-electron chi connectivity index (χ4n) is 3.71. The summed E-state index contributed by atoms with van der Waals surface area (Å²) in [5.74, 6) is 1.80. The van der Waals surface area contributed by atoms with Crippen molar-refractivity contribution in [3.05, 3.63) is 47.0 Å². The molecule has 4 heterocycles. The number of hydrogen-bond acceptors (Lipinski definition) is 7. The largest absolute Gasteiger partial charge is 0.324 e. The number of hydrogen-bond donors (Lipinski definition) is 2. The Morgan fingerprint density at radius 2 is 1.82 bits per heavy atom. The molecule has 0 atom stereocenters. The van der Waals surface area contributed by atoms with Crippen molar-refractivity contribution in [1.29, 1.82) is 0 Å². The van der Waals surface area contributed by atoms with E-state index < -0.39 is 0 Å². The zero-order valence-electron chi connectivity index (χ0n) is 16.0. The van der Waals surface area contributed by atoms with Crippen LogP contribution in [0.5, 0.6) is 0 Å². The monoisotopic (exact) mass is 392 g/mol. The van der Waals surface area contributed by atoms with Crippen LogP contribution in [-0.4, -0.2) is 33.0 Å². The Kier molecular flexibility index (Phi) is 4.78. The molecular formula is C21H24N6S. The van der Waals surface area contributed by atoms with Crippen molar-refractivity contribution in [3.63, 3.8) is 0 Å². The normalized spacial score (nSPS) is 17.6. The van der Waals surface area contributed by atoms with Crippen molar-refractivity contribution in [2.75, 3.05) is 18.4 Å². The number of rotatable bonds is 5. The molecule has 144 valence electrons. The maximum atomic E-state index is 5.10. The van der Waals surface area contributed by atoms with Gasteiger partial charge in [0.1, 0.15) is 0 Å². The Balaban J connectivity index is 1.46. The molecule has 1 saturated carbocycles. The van der Waals surface area contributed by atoms with Crippen LogP contribution in [0.25, 0.3) is 10.6 Å². The maximum absolute atomic E-state index is 5.10.